The molecule has 0 spiro atoms. The topological polar surface area (TPSA) is 62.3 Å². The van der Waals surface area contributed by atoms with Crippen LogP contribution in [-0.4, -0.2) is 34.3 Å². The monoisotopic (exact) mass is 349 g/mol. The van der Waals surface area contributed by atoms with Gasteiger partial charge in [-0.2, -0.15) is 0 Å². The first-order valence-corrected chi connectivity index (χ1v) is 9.99. The third-order valence-corrected chi connectivity index (χ3v) is 6.27. The highest BCUT2D eigenvalue weighted by atomic mass is 32.1. The molecule has 0 unspecified atom stereocenters. The van der Waals surface area contributed by atoms with Crippen LogP contribution in [0.5, 0.6) is 0 Å². The average Bonchev–Trinajstić information content (AvgIpc) is 3.05. The number of carbonyl (C=O) groups excluding carboxylic acids is 2. The number of urea groups is 1. The maximum atomic E-state index is 13.0. The van der Waals surface area contributed by atoms with Gasteiger partial charge in [-0.25, -0.2) is 9.78 Å². The van der Waals surface area contributed by atoms with E-state index >= 15 is 0 Å². The number of aromatic nitrogens is 1. The van der Waals surface area contributed by atoms with Gasteiger partial charge in [-0.15, -0.1) is 0 Å². The number of nitrogens with zero attached hydrogens (tertiary/aromatic N) is 2. The molecule has 2 fully saturated rings. The SMILES string of the molecule is CC1CCC(N(C(=O)Nc2ncc(C=O)s2)C2CCCCC2)CC1. The van der Waals surface area contributed by atoms with E-state index in [-0.39, 0.29) is 6.03 Å². The Morgan fingerprint density at radius 1 is 1.17 bits per heavy atom. The number of carbonyl (C=O) groups is 2. The molecule has 0 radical (unpaired) electrons. The molecule has 2 aliphatic rings. The first-order chi connectivity index (χ1) is 11.7. The van der Waals surface area contributed by atoms with Crippen LogP contribution in [0.4, 0.5) is 9.93 Å². The lowest BCUT2D eigenvalue weighted by Crippen LogP contribution is -2.51. The Hall–Kier alpha value is -1.43. The van der Waals surface area contributed by atoms with Crippen molar-refractivity contribution in [3.05, 3.63) is 11.1 Å². The number of thiazole rings is 1. The van der Waals surface area contributed by atoms with Crippen LogP contribution in [0, 0.1) is 5.92 Å². The van der Waals surface area contributed by atoms with Gasteiger partial charge in [0.25, 0.3) is 0 Å². The van der Waals surface area contributed by atoms with Crippen LogP contribution in [0.2, 0.25) is 0 Å². The molecule has 1 N–H and O–H groups in total. The lowest BCUT2D eigenvalue weighted by atomic mass is 9.84. The van der Waals surface area contributed by atoms with Crippen molar-refractivity contribution in [2.75, 3.05) is 5.32 Å². The zero-order chi connectivity index (χ0) is 16.9. The molecular formula is C18H27N3O2S. The molecule has 3 rings (SSSR count). The summed E-state index contributed by atoms with van der Waals surface area (Å²) in [6.45, 7) is 2.30. The smallest absolute Gasteiger partial charge is 0.319 e. The van der Waals surface area contributed by atoms with Crippen molar-refractivity contribution < 1.29 is 9.59 Å². The van der Waals surface area contributed by atoms with Crippen molar-refractivity contribution in [1.29, 1.82) is 0 Å². The fraction of sp³-hybridized carbons (Fsp3) is 0.722. The van der Waals surface area contributed by atoms with E-state index in [0.717, 1.165) is 37.9 Å². The number of amides is 2. The van der Waals surface area contributed by atoms with Crippen LogP contribution in [0.15, 0.2) is 6.20 Å². The Balaban J connectivity index is 1.72. The Morgan fingerprint density at radius 3 is 2.46 bits per heavy atom. The summed E-state index contributed by atoms with van der Waals surface area (Å²) in [5, 5.41) is 3.46. The van der Waals surface area contributed by atoms with E-state index in [1.807, 2.05) is 0 Å². The summed E-state index contributed by atoms with van der Waals surface area (Å²) in [6.07, 6.45) is 12.8. The molecule has 1 heterocycles. The second kappa shape index (κ2) is 8.10. The minimum atomic E-state index is -0.0340. The van der Waals surface area contributed by atoms with Crippen LogP contribution in [0.3, 0.4) is 0 Å². The van der Waals surface area contributed by atoms with Crippen molar-refractivity contribution >= 4 is 28.8 Å². The second-order valence-corrected chi connectivity index (χ2v) is 8.29. The summed E-state index contributed by atoms with van der Waals surface area (Å²) in [7, 11) is 0. The van der Waals surface area contributed by atoms with E-state index in [1.165, 1.54) is 49.6 Å². The molecule has 6 heteroatoms. The van der Waals surface area contributed by atoms with E-state index in [2.05, 4.69) is 22.1 Å². The highest BCUT2D eigenvalue weighted by Gasteiger charge is 2.33. The molecule has 1 aromatic heterocycles. The summed E-state index contributed by atoms with van der Waals surface area (Å²) in [6, 6.07) is 0.658. The number of hydrogen-bond donors (Lipinski definition) is 1. The second-order valence-electron chi connectivity index (χ2n) is 7.23. The number of hydrogen-bond acceptors (Lipinski definition) is 4. The fourth-order valence-corrected chi connectivity index (χ4v) is 4.69. The van der Waals surface area contributed by atoms with Crippen molar-refractivity contribution in [1.82, 2.24) is 9.88 Å². The van der Waals surface area contributed by atoms with E-state index in [4.69, 9.17) is 0 Å². The summed E-state index contributed by atoms with van der Waals surface area (Å²) in [5.41, 5.74) is 0. The Kier molecular flexibility index (Phi) is 5.87. The van der Waals surface area contributed by atoms with Gasteiger partial charge < -0.3 is 4.90 Å². The van der Waals surface area contributed by atoms with Gasteiger partial charge >= 0.3 is 6.03 Å². The first-order valence-electron chi connectivity index (χ1n) is 9.17. The number of rotatable bonds is 4. The van der Waals surface area contributed by atoms with Gasteiger partial charge in [0.1, 0.15) is 0 Å². The maximum Gasteiger partial charge on any atom is 0.324 e. The van der Waals surface area contributed by atoms with E-state index < -0.39 is 0 Å². The number of nitrogens with one attached hydrogen (secondary N) is 1. The molecular weight excluding hydrogens is 322 g/mol. The fourth-order valence-electron chi connectivity index (χ4n) is 4.06. The van der Waals surface area contributed by atoms with Crippen LogP contribution >= 0.6 is 11.3 Å². The first kappa shape index (κ1) is 17.4. The zero-order valence-corrected chi connectivity index (χ0v) is 15.2. The highest BCUT2D eigenvalue weighted by Crippen LogP contribution is 2.33. The Labute approximate surface area is 147 Å². The molecule has 132 valence electrons. The largest absolute Gasteiger partial charge is 0.324 e. The third-order valence-electron chi connectivity index (χ3n) is 5.43. The predicted octanol–water partition coefficient (Wildman–Crippen LogP) is 4.70. The van der Waals surface area contributed by atoms with Crippen molar-refractivity contribution in [3.8, 4) is 0 Å². The normalized spacial score (nSPS) is 25.2. The molecule has 24 heavy (non-hydrogen) atoms. The number of aldehydes is 1. The number of anilines is 1. The van der Waals surface area contributed by atoms with E-state index in [9.17, 15) is 9.59 Å². The molecule has 0 saturated heterocycles. The maximum absolute atomic E-state index is 13.0. The molecule has 5 nitrogen and oxygen atoms in total. The summed E-state index contributed by atoms with van der Waals surface area (Å²) >= 11 is 1.23. The van der Waals surface area contributed by atoms with Gasteiger partial charge in [-0.1, -0.05) is 37.5 Å². The quantitative estimate of drug-likeness (QED) is 0.801. The predicted molar refractivity (Wildman–Crippen MR) is 96.7 cm³/mol. The minimum absolute atomic E-state index is 0.0340. The van der Waals surface area contributed by atoms with Gasteiger partial charge in [0.15, 0.2) is 11.4 Å². The van der Waals surface area contributed by atoms with Gasteiger partial charge in [-0.05, 0) is 44.4 Å². The van der Waals surface area contributed by atoms with E-state index in [1.54, 1.807) is 0 Å². The standard InChI is InChI=1S/C18H27N3O2S/c1-13-7-9-15(10-8-13)21(14-5-3-2-4-6-14)18(23)20-17-19-11-16(12-22)24-17/h11-15H,2-10H2,1H3,(H,19,20,23). The summed E-state index contributed by atoms with van der Waals surface area (Å²) in [4.78, 5) is 30.6. The summed E-state index contributed by atoms with van der Waals surface area (Å²) in [5.74, 6) is 0.770. The lowest BCUT2D eigenvalue weighted by Gasteiger charge is -2.42. The Morgan fingerprint density at radius 2 is 1.83 bits per heavy atom. The molecule has 0 aromatic carbocycles. The molecule has 0 aliphatic heterocycles. The molecule has 2 saturated carbocycles. The van der Waals surface area contributed by atoms with Crippen LogP contribution in [-0.2, 0) is 0 Å². The molecule has 2 amide bonds. The van der Waals surface area contributed by atoms with E-state index in [0.29, 0.717) is 22.1 Å². The van der Waals surface area contributed by atoms with Crippen LogP contribution in [0.25, 0.3) is 0 Å². The Bertz CT molecular complexity index is 560. The third kappa shape index (κ3) is 4.15. The molecule has 0 atom stereocenters. The van der Waals surface area contributed by atoms with Gasteiger partial charge in [-0.3, -0.25) is 10.1 Å². The van der Waals surface area contributed by atoms with Crippen molar-refractivity contribution in [2.45, 2.75) is 76.8 Å². The molecule has 0 bridgehead atoms. The van der Waals surface area contributed by atoms with Crippen molar-refractivity contribution in [2.24, 2.45) is 5.92 Å². The van der Waals surface area contributed by atoms with Crippen LogP contribution in [0.1, 0.15) is 74.4 Å². The molecule has 1 aromatic rings. The zero-order valence-electron chi connectivity index (χ0n) is 14.4. The van der Waals surface area contributed by atoms with Gasteiger partial charge in [0, 0.05) is 12.1 Å². The highest BCUT2D eigenvalue weighted by molar-refractivity contribution is 7.17. The summed E-state index contributed by atoms with van der Waals surface area (Å²) < 4.78 is 0. The molecule has 2 aliphatic carbocycles. The van der Waals surface area contributed by atoms with Crippen LogP contribution < -0.4 is 5.32 Å². The lowest BCUT2D eigenvalue weighted by molar-refractivity contribution is 0.105. The van der Waals surface area contributed by atoms with Gasteiger partial charge in [0.2, 0.25) is 0 Å². The minimum Gasteiger partial charge on any atom is -0.319 e. The van der Waals surface area contributed by atoms with Gasteiger partial charge in [0.05, 0.1) is 11.1 Å². The van der Waals surface area contributed by atoms with Crippen molar-refractivity contribution in [3.63, 3.8) is 0 Å². The average molecular weight is 350 g/mol.